The second kappa shape index (κ2) is 6.95. The molecule has 2 rings (SSSR count). The number of carbonyl (C=O) groups excluding carboxylic acids is 1. The minimum absolute atomic E-state index is 0.00672. The van der Waals surface area contributed by atoms with Crippen molar-refractivity contribution in [2.45, 2.75) is 33.1 Å². The molecule has 26 heavy (non-hydrogen) atoms. The number of aryl methyl sites for hydroxylation is 2. The summed E-state index contributed by atoms with van der Waals surface area (Å²) in [6, 6.07) is 7.36. The molecule has 1 aromatic carbocycles. The van der Waals surface area contributed by atoms with Crippen LogP contribution >= 0.6 is 0 Å². The van der Waals surface area contributed by atoms with Crippen molar-refractivity contribution in [1.29, 1.82) is 0 Å². The number of hydrogen-bond acceptors (Lipinski definition) is 6. The number of nitro groups is 1. The lowest BCUT2D eigenvalue weighted by Gasteiger charge is -2.18. The van der Waals surface area contributed by atoms with Crippen molar-refractivity contribution in [3.05, 3.63) is 56.9 Å². The minimum atomic E-state index is -1.01. The highest BCUT2D eigenvalue weighted by Gasteiger charge is 2.30. The monoisotopic (exact) mass is 359 g/mol. The average Bonchev–Trinajstić information content (AvgIpc) is 2.86. The Morgan fingerprint density at radius 3 is 2.38 bits per heavy atom. The van der Waals surface area contributed by atoms with E-state index in [0.29, 0.717) is 5.56 Å². The van der Waals surface area contributed by atoms with Gasteiger partial charge in [-0.25, -0.2) is 4.79 Å². The Kier molecular flexibility index (Phi) is 5.10. The van der Waals surface area contributed by atoms with Crippen LogP contribution in [0.1, 0.15) is 48.1 Å². The number of hydrogen-bond donors (Lipinski definition) is 1. The van der Waals surface area contributed by atoms with Crippen molar-refractivity contribution in [3.8, 4) is 0 Å². The van der Waals surface area contributed by atoms with Gasteiger partial charge in [-0.15, -0.1) is 0 Å². The van der Waals surface area contributed by atoms with Gasteiger partial charge in [-0.2, -0.15) is 5.10 Å². The number of aromatic nitrogens is 2. The van der Waals surface area contributed by atoms with E-state index in [1.807, 2.05) is 12.1 Å². The lowest BCUT2D eigenvalue weighted by Crippen LogP contribution is -2.17. The molecule has 0 spiro atoms. The zero-order chi connectivity index (χ0) is 19.6. The van der Waals surface area contributed by atoms with Crippen LogP contribution in [-0.4, -0.2) is 26.5 Å². The fourth-order valence-electron chi connectivity index (χ4n) is 2.42. The molecule has 9 nitrogen and oxygen atoms in total. The molecule has 0 aliphatic carbocycles. The first-order valence-electron chi connectivity index (χ1n) is 7.86. The molecule has 1 heterocycles. The molecule has 2 N–H and O–H groups in total. The smallest absolute Gasteiger partial charge is 0.380 e. The van der Waals surface area contributed by atoms with Crippen molar-refractivity contribution in [2.75, 3.05) is 0 Å². The van der Waals surface area contributed by atoms with Gasteiger partial charge in [0.1, 0.15) is 5.69 Å². The molecular formula is C17H21N5O4. The van der Waals surface area contributed by atoms with Gasteiger partial charge in [0.25, 0.3) is 0 Å². The molecule has 138 valence electrons. The highest BCUT2D eigenvalue weighted by Crippen LogP contribution is 2.24. The fraction of sp³-hybridized carbons (Fsp3) is 0.353. The van der Waals surface area contributed by atoms with Gasteiger partial charge in [-0.1, -0.05) is 50.2 Å². The predicted molar refractivity (Wildman–Crippen MR) is 95.9 cm³/mol. The summed E-state index contributed by atoms with van der Waals surface area (Å²) in [6.07, 6.45) is 0. The lowest BCUT2D eigenvalue weighted by atomic mass is 9.87. The number of amidine groups is 1. The van der Waals surface area contributed by atoms with Crippen LogP contribution in [0.25, 0.3) is 0 Å². The molecule has 0 aliphatic rings. The van der Waals surface area contributed by atoms with E-state index in [4.69, 9.17) is 10.6 Å². The molecule has 9 heteroatoms. The summed E-state index contributed by atoms with van der Waals surface area (Å²) >= 11 is 0. The van der Waals surface area contributed by atoms with Gasteiger partial charge in [-0.05, 0) is 17.9 Å². The molecule has 0 fully saturated rings. The Hall–Kier alpha value is -3.23. The molecule has 0 bridgehead atoms. The molecule has 0 saturated carbocycles. The van der Waals surface area contributed by atoms with Gasteiger partial charge in [-0.3, -0.25) is 14.8 Å². The highest BCUT2D eigenvalue weighted by atomic mass is 16.7. The van der Waals surface area contributed by atoms with E-state index < -0.39 is 16.6 Å². The van der Waals surface area contributed by atoms with Crippen molar-refractivity contribution < 1.29 is 14.6 Å². The molecule has 0 aliphatic heterocycles. The summed E-state index contributed by atoms with van der Waals surface area (Å²) in [4.78, 5) is 27.4. The molecule has 0 amide bonds. The summed E-state index contributed by atoms with van der Waals surface area (Å²) in [5, 5.41) is 18.6. The Labute approximate surface area is 150 Å². The van der Waals surface area contributed by atoms with Crippen LogP contribution in [0.2, 0.25) is 0 Å². The normalized spacial score (nSPS) is 12.1. The molecule has 0 saturated heterocycles. The van der Waals surface area contributed by atoms with Gasteiger partial charge >= 0.3 is 11.7 Å². The van der Waals surface area contributed by atoms with E-state index in [9.17, 15) is 14.9 Å². The van der Waals surface area contributed by atoms with Crippen molar-refractivity contribution in [3.63, 3.8) is 0 Å². The summed E-state index contributed by atoms with van der Waals surface area (Å²) in [5.41, 5.74) is 6.92. The molecule has 0 unspecified atom stereocenters. The summed E-state index contributed by atoms with van der Waals surface area (Å²) in [6.45, 7) is 7.70. The van der Waals surface area contributed by atoms with E-state index in [2.05, 4.69) is 31.0 Å². The SMILES string of the molecule is Cc1nn(C)c(C(=O)ON=C(N)c2ccc(C(C)(C)C)cc2)c1[N+](=O)[O-]. The molecule has 1 aromatic heterocycles. The zero-order valence-electron chi connectivity index (χ0n) is 15.3. The maximum absolute atomic E-state index is 12.2. The van der Waals surface area contributed by atoms with E-state index in [1.165, 1.54) is 14.0 Å². The topological polar surface area (TPSA) is 126 Å². The molecule has 0 atom stereocenters. The van der Waals surface area contributed by atoms with E-state index in [-0.39, 0.29) is 22.6 Å². The van der Waals surface area contributed by atoms with Gasteiger partial charge in [0, 0.05) is 12.6 Å². The van der Waals surface area contributed by atoms with Crippen LogP contribution in [0.15, 0.2) is 29.4 Å². The standard InChI is InChI=1S/C17H21N5O4/c1-10-13(22(24)25)14(21(5)19-10)16(23)26-20-15(18)11-6-8-12(9-7-11)17(2,3)4/h6-9H,1-5H3,(H2,18,20). The maximum atomic E-state index is 12.2. The van der Waals surface area contributed by atoms with Gasteiger partial charge in [0.2, 0.25) is 5.69 Å². The van der Waals surface area contributed by atoms with Gasteiger partial charge in [0.15, 0.2) is 5.84 Å². The Morgan fingerprint density at radius 1 is 1.31 bits per heavy atom. The first-order valence-corrected chi connectivity index (χ1v) is 7.86. The minimum Gasteiger partial charge on any atom is -0.380 e. The maximum Gasteiger partial charge on any atom is 0.390 e. The average molecular weight is 359 g/mol. The zero-order valence-corrected chi connectivity index (χ0v) is 15.3. The van der Waals surface area contributed by atoms with Crippen molar-refractivity contribution >= 4 is 17.5 Å². The van der Waals surface area contributed by atoms with Crippen LogP contribution in [0.5, 0.6) is 0 Å². The van der Waals surface area contributed by atoms with Crippen LogP contribution < -0.4 is 5.73 Å². The second-order valence-electron chi connectivity index (χ2n) is 6.85. The number of nitrogens with two attached hydrogens (primary N) is 1. The molecular weight excluding hydrogens is 338 g/mol. The number of carbonyl (C=O) groups is 1. The third-order valence-corrected chi connectivity index (χ3v) is 3.84. The number of rotatable bonds is 4. The quantitative estimate of drug-likeness (QED) is 0.294. The number of benzene rings is 1. The molecule has 2 aromatic rings. The fourth-order valence-corrected chi connectivity index (χ4v) is 2.42. The molecule has 0 radical (unpaired) electrons. The lowest BCUT2D eigenvalue weighted by molar-refractivity contribution is -0.385. The Bertz CT molecular complexity index is 876. The van der Waals surface area contributed by atoms with Crippen LogP contribution in [0.4, 0.5) is 5.69 Å². The third kappa shape index (κ3) is 3.88. The Balaban J connectivity index is 2.22. The highest BCUT2D eigenvalue weighted by molar-refractivity contribution is 5.98. The Morgan fingerprint density at radius 2 is 1.88 bits per heavy atom. The number of oxime groups is 1. The van der Waals surface area contributed by atoms with Crippen LogP contribution in [0.3, 0.4) is 0 Å². The van der Waals surface area contributed by atoms with Crippen molar-refractivity contribution in [2.24, 2.45) is 17.9 Å². The van der Waals surface area contributed by atoms with E-state index >= 15 is 0 Å². The van der Waals surface area contributed by atoms with Crippen molar-refractivity contribution in [1.82, 2.24) is 9.78 Å². The van der Waals surface area contributed by atoms with Crippen LogP contribution in [0, 0.1) is 17.0 Å². The number of nitrogens with zero attached hydrogens (tertiary/aromatic N) is 4. The summed E-state index contributed by atoms with van der Waals surface area (Å²) < 4.78 is 1.08. The summed E-state index contributed by atoms with van der Waals surface area (Å²) in [5.74, 6) is -1.02. The van der Waals surface area contributed by atoms with Gasteiger partial charge in [0.05, 0.1) is 4.92 Å². The first-order chi connectivity index (χ1) is 12.0. The largest absolute Gasteiger partial charge is 0.390 e. The third-order valence-electron chi connectivity index (χ3n) is 3.84. The van der Waals surface area contributed by atoms with Crippen LogP contribution in [-0.2, 0) is 17.3 Å². The first kappa shape index (κ1) is 19.1. The predicted octanol–water partition coefficient (Wildman–Crippen LogP) is 2.41. The second-order valence-corrected chi connectivity index (χ2v) is 6.85. The van der Waals surface area contributed by atoms with E-state index in [1.54, 1.807) is 12.1 Å². The van der Waals surface area contributed by atoms with Gasteiger partial charge < -0.3 is 10.6 Å². The summed E-state index contributed by atoms with van der Waals surface area (Å²) in [7, 11) is 1.41. The van der Waals surface area contributed by atoms with E-state index in [0.717, 1.165) is 10.2 Å².